The number of halogens is 4. The first-order valence-electron chi connectivity index (χ1n) is 8.58. The summed E-state index contributed by atoms with van der Waals surface area (Å²) in [6.07, 6.45) is -4.42. The van der Waals surface area contributed by atoms with E-state index in [1.165, 1.54) is 25.1 Å². The van der Waals surface area contributed by atoms with Crippen LogP contribution in [-0.4, -0.2) is 16.8 Å². The van der Waals surface area contributed by atoms with Crippen molar-refractivity contribution in [2.45, 2.75) is 20.0 Å². The average Bonchev–Trinajstić information content (AvgIpc) is 3.05. The summed E-state index contributed by atoms with van der Waals surface area (Å²) in [6.45, 7) is 3.00. The maximum atomic E-state index is 12.7. The van der Waals surface area contributed by atoms with Crippen molar-refractivity contribution in [3.05, 3.63) is 63.6 Å². The molecule has 10 heteroatoms. The lowest BCUT2D eigenvalue weighted by atomic mass is 10.1. The predicted molar refractivity (Wildman–Crippen MR) is 111 cm³/mol. The van der Waals surface area contributed by atoms with E-state index >= 15 is 0 Å². The number of hydrogen-bond acceptors (Lipinski definition) is 4. The highest BCUT2D eigenvalue weighted by atomic mass is 35.5. The molecule has 0 unspecified atom stereocenters. The van der Waals surface area contributed by atoms with E-state index in [4.69, 9.17) is 11.6 Å². The van der Waals surface area contributed by atoms with Crippen LogP contribution in [-0.2, 0) is 11.0 Å². The Bertz CT molecular complexity index is 1110. The number of nitrogens with zero attached hydrogens (tertiary/aromatic N) is 1. The zero-order valence-corrected chi connectivity index (χ0v) is 17.3. The van der Waals surface area contributed by atoms with Gasteiger partial charge in [-0.25, -0.2) is 4.98 Å². The fourth-order valence-electron chi connectivity index (χ4n) is 2.61. The Hall–Kier alpha value is -2.91. The van der Waals surface area contributed by atoms with Crippen LogP contribution in [0, 0.1) is 6.92 Å². The van der Waals surface area contributed by atoms with Crippen molar-refractivity contribution in [2.75, 3.05) is 10.6 Å². The third-order valence-electron chi connectivity index (χ3n) is 4.00. The number of carbonyl (C=O) groups excluding carboxylic acids is 2. The third kappa shape index (κ3) is 4.98. The lowest BCUT2D eigenvalue weighted by Crippen LogP contribution is -2.12. The summed E-state index contributed by atoms with van der Waals surface area (Å²) in [7, 11) is 0. The highest BCUT2D eigenvalue weighted by molar-refractivity contribution is 7.17. The van der Waals surface area contributed by atoms with Crippen LogP contribution in [0.15, 0.2) is 42.5 Å². The van der Waals surface area contributed by atoms with Gasteiger partial charge in [-0.05, 0) is 37.3 Å². The van der Waals surface area contributed by atoms with Gasteiger partial charge in [-0.15, -0.1) is 11.3 Å². The molecule has 0 bridgehead atoms. The Morgan fingerprint density at radius 1 is 1.07 bits per heavy atom. The molecular formula is C20H15ClF3N3O2S. The van der Waals surface area contributed by atoms with E-state index in [1.54, 1.807) is 19.1 Å². The van der Waals surface area contributed by atoms with Crippen LogP contribution in [0.3, 0.4) is 0 Å². The summed E-state index contributed by atoms with van der Waals surface area (Å²) in [5.41, 5.74) is 1.00. The average molecular weight is 454 g/mol. The standard InChI is InChI=1S/C20H15ClF3N3O2S/c1-10-17(18(29)27-16-8-7-14(9-15(16)21)26-11(2)28)30-19(25-10)12-3-5-13(6-4-12)20(22,23)24/h3-9H,1-2H3,(H,26,28)(H,27,29). The number of amides is 2. The molecule has 3 rings (SSSR count). The molecule has 0 saturated heterocycles. The van der Waals surface area contributed by atoms with E-state index in [9.17, 15) is 22.8 Å². The lowest BCUT2D eigenvalue weighted by Gasteiger charge is -2.09. The van der Waals surface area contributed by atoms with Gasteiger partial charge in [-0.3, -0.25) is 9.59 Å². The third-order valence-corrected chi connectivity index (χ3v) is 5.52. The minimum Gasteiger partial charge on any atom is -0.326 e. The van der Waals surface area contributed by atoms with Gasteiger partial charge < -0.3 is 10.6 Å². The van der Waals surface area contributed by atoms with E-state index < -0.39 is 17.6 Å². The Morgan fingerprint density at radius 2 is 1.73 bits per heavy atom. The molecular weight excluding hydrogens is 439 g/mol. The fraction of sp³-hybridized carbons (Fsp3) is 0.150. The molecule has 2 amide bonds. The maximum Gasteiger partial charge on any atom is 0.416 e. The first kappa shape index (κ1) is 21.8. The van der Waals surface area contributed by atoms with Crippen molar-refractivity contribution in [2.24, 2.45) is 0 Å². The molecule has 0 spiro atoms. The molecule has 0 fully saturated rings. The molecule has 3 aromatic rings. The summed E-state index contributed by atoms with van der Waals surface area (Å²) in [4.78, 5) is 28.4. The molecule has 1 heterocycles. The number of rotatable bonds is 4. The van der Waals surface area contributed by atoms with Gasteiger partial charge >= 0.3 is 6.18 Å². The van der Waals surface area contributed by atoms with Gasteiger partial charge in [0.1, 0.15) is 9.88 Å². The smallest absolute Gasteiger partial charge is 0.326 e. The zero-order chi connectivity index (χ0) is 22.1. The minimum atomic E-state index is -4.42. The Kier molecular flexibility index (Phi) is 6.14. The fourth-order valence-corrected chi connectivity index (χ4v) is 3.80. The quantitative estimate of drug-likeness (QED) is 0.508. The largest absolute Gasteiger partial charge is 0.416 e. The Morgan fingerprint density at radius 3 is 2.30 bits per heavy atom. The molecule has 0 aliphatic rings. The van der Waals surface area contributed by atoms with E-state index in [1.807, 2.05) is 0 Å². The molecule has 0 saturated carbocycles. The van der Waals surface area contributed by atoms with Crippen molar-refractivity contribution in [3.63, 3.8) is 0 Å². The van der Waals surface area contributed by atoms with Crippen molar-refractivity contribution in [1.82, 2.24) is 4.98 Å². The number of carbonyl (C=O) groups is 2. The molecule has 156 valence electrons. The molecule has 2 N–H and O–H groups in total. The number of nitrogens with one attached hydrogen (secondary N) is 2. The van der Waals surface area contributed by atoms with Gasteiger partial charge in [-0.1, -0.05) is 23.7 Å². The normalized spacial score (nSPS) is 11.3. The van der Waals surface area contributed by atoms with E-state index in [2.05, 4.69) is 15.6 Å². The summed E-state index contributed by atoms with van der Waals surface area (Å²) in [5, 5.41) is 5.93. The zero-order valence-electron chi connectivity index (χ0n) is 15.7. The number of aryl methyl sites for hydroxylation is 1. The molecule has 0 atom stereocenters. The van der Waals surface area contributed by atoms with Crippen LogP contribution in [0.1, 0.15) is 27.9 Å². The van der Waals surface area contributed by atoms with Gasteiger partial charge in [0, 0.05) is 18.2 Å². The van der Waals surface area contributed by atoms with Crippen molar-refractivity contribution in [3.8, 4) is 10.6 Å². The van der Waals surface area contributed by atoms with E-state index in [0.29, 0.717) is 32.5 Å². The SMILES string of the molecule is CC(=O)Nc1ccc(NC(=O)c2sc(-c3ccc(C(F)(F)F)cc3)nc2C)c(Cl)c1. The number of thiazole rings is 1. The molecule has 1 aromatic heterocycles. The maximum absolute atomic E-state index is 12.7. The summed E-state index contributed by atoms with van der Waals surface area (Å²) >= 11 is 7.23. The van der Waals surface area contributed by atoms with Crippen molar-refractivity contribution < 1.29 is 22.8 Å². The van der Waals surface area contributed by atoms with Gasteiger partial charge in [0.25, 0.3) is 5.91 Å². The van der Waals surface area contributed by atoms with Crippen LogP contribution in [0.25, 0.3) is 10.6 Å². The molecule has 0 aliphatic carbocycles. The monoisotopic (exact) mass is 453 g/mol. The minimum absolute atomic E-state index is 0.236. The highest BCUT2D eigenvalue weighted by Gasteiger charge is 2.30. The number of hydrogen-bond donors (Lipinski definition) is 2. The van der Waals surface area contributed by atoms with E-state index in [-0.39, 0.29) is 10.9 Å². The number of aromatic nitrogens is 1. The van der Waals surface area contributed by atoms with Crippen LogP contribution < -0.4 is 10.6 Å². The molecule has 30 heavy (non-hydrogen) atoms. The summed E-state index contributed by atoms with van der Waals surface area (Å²) < 4.78 is 38.2. The Balaban J connectivity index is 1.80. The number of alkyl halides is 3. The van der Waals surface area contributed by atoms with Crippen molar-refractivity contribution >= 4 is 46.1 Å². The molecule has 0 radical (unpaired) electrons. The second-order valence-corrected chi connectivity index (χ2v) is 7.74. The van der Waals surface area contributed by atoms with Crippen LogP contribution in [0.2, 0.25) is 5.02 Å². The second-order valence-electron chi connectivity index (χ2n) is 6.34. The molecule has 0 aliphatic heterocycles. The first-order valence-corrected chi connectivity index (χ1v) is 9.77. The van der Waals surface area contributed by atoms with Crippen LogP contribution in [0.5, 0.6) is 0 Å². The van der Waals surface area contributed by atoms with Gasteiger partial charge in [-0.2, -0.15) is 13.2 Å². The lowest BCUT2D eigenvalue weighted by molar-refractivity contribution is -0.137. The first-order chi connectivity index (χ1) is 14.0. The van der Waals surface area contributed by atoms with Crippen molar-refractivity contribution in [1.29, 1.82) is 0 Å². The molecule has 2 aromatic carbocycles. The predicted octanol–water partition coefficient (Wildman–Crippen LogP) is 6.00. The highest BCUT2D eigenvalue weighted by Crippen LogP contribution is 2.33. The number of benzene rings is 2. The van der Waals surface area contributed by atoms with Crippen LogP contribution in [0.4, 0.5) is 24.5 Å². The second kappa shape index (κ2) is 8.45. The van der Waals surface area contributed by atoms with E-state index in [0.717, 1.165) is 23.5 Å². The van der Waals surface area contributed by atoms with Crippen LogP contribution >= 0.6 is 22.9 Å². The summed E-state index contributed by atoms with van der Waals surface area (Å²) in [5.74, 6) is -0.698. The molecule has 5 nitrogen and oxygen atoms in total. The van der Waals surface area contributed by atoms with Gasteiger partial charge in [0.15, 0.2) is 0 Å². The summed E-state index contributed by atoms with van der Waals surface area (Å²) in [6, 6.07) is 9.24. The Labute approximate surface area is 178 Å². The topological polar surface area (TPSA) is 71.1 Å². The van der Waals surface area contributed by atoms with Gasteiger partial charge in [0.05, 0.1) is 22.0 Å². The number of anilines is 2. The van der Waals surface area contributed by atoms with Gasteiger partial charge in [0.2, 0.25) is 5.91 Å².